The molecule has 0 radical (unpaired) electrons. The maximum Gasteiger partial charge on any atom is 0.410 e. The third-order valence-electron chi connectivity index (χ3n) is 3.91. The summed E-state index contributed by atoms with van der Waals surface area (Å²) in [5.41, 5.74) is -0.403. The number of amides is 1. The predicted molar refractivity (Wildman–Crippen MR) is 79.9 cm³/mol. The first kappa shape index (κ1) is 15.6. The smallest absolute Gasteiger partial charge is 0.410 e. The van der Waals surface area contributed by atoms with Gasteiger partial charge in [-0.1, -0.05) is 6.42 Å². The van der Waals surface area contributed by atoms with Gasteiger partial charge in [0.2, 0.25) is 0 Å². The molecule has 0 saturated carbocycles. The van der Waals surface area contributed by atoms with Gasteiger partial charge in [-0.2, -0.15) is 0 Å². The summed E-state index contributed by atoms with van der Waals surface area (Å²) in [4.78, 5) is 16.3. The molecule has 2 saturated heterocycles. The molecule has 2 heterocycles. The minimum absolute atomic E-state index is 0.173. The van der Waals surface area contributed by atoms with Crippen LogP contribution in [0.15, 0.2) is 0 Å². The molecule has 0 aliphatic carbocycles. The summed E-state index contributed by atoms with van der Waals surface area (Å²) in [6.07, 6.45) is 3.76. The lowest BCUT2D eigenvalue weighted by atomic mass is 10.0. The molecule has 0 aromatic carbocycles. The van der Waals surface area contributed by atoms with Crippen molar-refractivity contribution in [2.24, 2.45) is 0 Å². The van der Waals surface area contributed by atoms with E-state index >= 15 is 0 Å². The first-order valence-corrected chi connectivity index (χ1v) is 7.88. The second-order valence-electron chi connectivity index (χ2n) is 6.91. The summed E-state index contributed by atoms with van der Waals surface area (Å²) < 4.78 is 5.42. The summed E-state index contributed by atoms with van der Waals surface area (Å²) in [6, 6.07) is 0.636. The summed E-state index contributed by atoms with van der Waals surface area (Å²) in [6.45, 7) is 11.5. The van der Waals surface area contributed by atoms with Crippen LogP contribution in [0.5, 0.6) is 0 Å². The van der Waals surface area contributed by atoms with Crippen LogP contribution in [0.1, 0.15) is 40.0 Å². The number of carbonyl (C=O) groups excluding carboxylic acids is 1. The quantitative estimate of drug-likeness (QED) is 0.837. The zero-order chi connectivity index (χ0) is 14.6. The molecule has 5 nitrogen and oxygen atoms in total. The standard InChI is InChI=1S/C15H29N3O2/c1-15(2,3)20-14(19)18-10-8-17(9-11-18)12-13-6-4-5-7-16-13/h13,16H,4-12H2,1-3H3/t13-/m0/s1. The molecule has 0 spiro atoms. The van der Waals surface area contributed by atoms with Gasteiger partial charge in [0.25, 0.3) is 0 Å². The van der Waals surface area contributed by atoms with Gasteiger partial charge < -0.3 is 15.0 Å². The van der Waals surface area contributed by atoms with Crippen molar-refractivity contribution >= 4 is 6.09 Å². The molecule has 2 aliphatic rings. The Labute approximate surface area is 122 Å². The van der Waals surface area contributed by atoms with Crippen molar-refractivity contribution in [1.82, 2.24) is 15.1 Å². The van der Waals surface area contributed by atoms with E-state index in [0.717, 1.165) is 39.3 Å². The Balaban J connectivity index is 1.70. The van der Waals surface area contributed by atoms with Crippen LogP contribution in [0.4, 0.5) is 4.79 Å². The largest absolute Gasteiger partial charge is 0.444 e. The molecule has 1 N–H and O–H groups in total. The van der Waals surface area contributed by atoms with E-state index in [4.69, 9.17) is 4.74 Å². The topological polar surface area (TPSA) is 44.8 Å². The van der Waals surface area contributed by atoms with Crippen LogP contribution in [0.25, 0.3) is 0 Å². The molecule has 2 aliphatic heterocycles. The van der Waals surface area contributed by atoms with E-state index in [1.807, 2.05) is 25.7 Å². The van der Waals surface area contributed by atoms with Crippen molar-refractivity contribution in [3.8, 4) is 0 Å². The fourth-order valence-corrected chi connectivity index (χ4v) is 2.83. The molecular formula is C15H29N3O2. The normalized spacial score (nSPS) is 25.6. The number of ether oxygens (including phenoxy) is 1. The van der Waals surface area contributed by atoms with E-state index in [1.165, 1.54) is 19.3 Å². The van der Waals surface area contributed by atoms with Crippen LogP contribution < -0.4 is 5.32 Å². The second-order valence-corrected chi connectivity index (χ2v) is 6.91. The van der Waals surface area contributed by atoms with E-state index in [2.05, 4.69) is 10.2 Å². The highest BCUT2D eigenvalue weighted by Crippen LogP contribution is 2.13. The molecule has 116 valence electrons. The molecule has 1 atom stereocenters. The predicted octanol–water partition coefficient (Wildman–Crippen LogP) is 1.68. The van der Waals surface area contributed by atoms with Crippen molar-refractivity contribution < 1.29 is 9.53 Å². The lowest BCUT2D eigenvalue weighted by molar-refractivity contribution is 0.0136. The van der Waals surface area contributed by atoms with Gasteiger partial charge in [-0.15, -0.1) is 0 Å². The van der Waals surface area contributed by atoms with Crippen LogP contribution >= 0.6 is 0 Å². The highest BCUT2D eigenvalue weighted by molar-refractivity contribution is 5.68. The average Bonchev–Trinajstić information content (AvgIpc) is 2.39. The first-order valence-electron chi connectivity index (χ1n) is 7.88. The van der Waals surface area contributed by atoms with Crippen molar-refractivity contribution in [3.05, 3.63) is 0 Å². The summed E-state index contributed by atoms with van der Waals surface area (Å²) in [5.74, 6) is 0. The molecule has 1 amide bonds. The molecule has 0 aromatic heterocycles. The van der Waals surface area contributed by atoms with Crippen LogP contribution in [0.2, 0.25) is 0 Å². The van der Waals surface area contributed by atoms with Crippen LogP contribution in [0, 0.1) is 0 Å². The Morgan fingerprint density at radius 3 is 2.45 bits per heavy atom. The van der Waals surface area contributed by atoms with Crippen molar-refractivity contribution in [2.45, 2.75) is 51.7 Å². The molecule has 5 heteroatoms. The molecule has 2 fully saturated rings. The SMILES string of the molecule is CC(C)(C)OC(=O)N1CCN(C[C@@H]2CCCCN2)CC1. The number of piperidine rings is 1. The molecule has 2 rings (SSSR count). The zero-order valence-corrected chi connectivity index (χ0v) is 13.2. The van der Waals surface area contributed by atoms with E-state index in [9.17, 15) is 4.79 Å². The van der Waals surface area contributed by atoms with Gasteiger partial charge >= 0.3 is 6.09 Å². The summed E-state index contributed by atoms with van der Waals surface area (Å²) in [5, 5.41) is 3.58. The Bertz CT molecular complexity index is 314. The third kappa shape index (κ3) is 4.94. The van der Waals surface area contributed by atoms with Gasteiger partial charge in [-0.25, -0.2) is 4.79 Å². The van der Waals surface area contributed by atoms with Gasteiger partial charge in [0.15, 0.2) is 0 Å². The van der Waals surface area contributed by atoms with Gasteiger partial charge in [0.1, 0.15) is 5.60 Å². The van der Waals surface area contributed by atoms with Crippen LogP contribution in [-0.4, -0.2) is 66.8 Å². The fourth-order valence-electron chi connectivity index (χ4n) is 2.83. The molecule has 0 aromatic rings. The van der Waals surface area contributed by atoms with Gasteiger partial charge in [0, 0.05) is 38.8 Å². The third-order valence-corrected chi connectivity index (χ3v) is 3.91. The Morgan fingerprint density at radius 1 is 1.20 bits per heavy atom. The monoisotopic (exact) mass is 283 g/mol. The van der Waals surface area contributed by atoms with E-state index in [-0.39, 0.29) is 6.09 Å². The van der Waals surface area contributed by atoms with Crippen molar-refractivity contribution in [1.29, 1.82) is 0 Å². The van der Waals surface area contributed by atoms with Gasteiger partial charge in [0.05, 0.1) is 0 Å². The van der Waals surface area contributed by atoms with E-state index in [1.54, 1.807) is 0 Å². The zero-order valence-electron chi connectivity index (χ0n) is 13.2. The number of rotatable bonds is 2. The highest BCUT2D eigenvalue weighted by atomic mass is 16.6. The number of hydrogen-bond acceptors (Lipinski definition) is 4. The van der Waals surface area contributed by atoms with E-state index < -0.39 is 5.60 Å². The summed E-state index contributed by atoms with van der Waals surface area (Å²) >= 11 is 0. The number of nitrogens with one attached hydrogen (secondary N) is 1. The Morgan fingerprint density at radius 2 is 1.90 bits per heavy atom. The minimum atomic E-state index is -0.403. The van der Waals surface area contributed by atoms with Gasteiger partial charge in [-0.05, 0) is 40.2 Å². The molecule has 20 heavy (non-hydrogen) atoms. The number of hydrogen-bond donors (Lipinski definition) is 1. The molecule has 0 unspecified atom stereocenters. The molecular weight excluding hydrogens is 254 g/mol. The van der Waals surface area contributed by atoms with Crippen LogP contribution in [-0.2, 0) is 4.74 Å². The molecule has 0 bridgehead atoms. The lowest BCUT2D eigenvalue weighted by Gasteiger charge is -2.37. The van der Waals surface area contributed by atoms with Crippen molar-refractivity contribution in [3.63, 3.8) is 0 Å². The van der Waals surface area contributed by atoms with Crippen molar-refractivity contribution in [2.75, 3.05) is 39.3 Å². The van der Waals surface area contributed by atoms with Gasteiger partial charge in [-0.3, -0.25) is 4.90 Å². The highest BCUT2D eigenvalue weighted by Gasteiger charge is 2.26. The maximum atomic E-state index is 12.0. The first-order chi connectivity index (χ1) is 9.44. The fraction of sp³-hybridized carbons (Fsp3) is 0.933. The lowest BCUT2D eigenvalue weighted by Crippen LogP contribution is -2.53. The maximum absolute atomic E-state index is 12.0. The number of piperazine rings is 1. The Hall–Kier alpha value is -0.810. The number of nitrogens with zero attached hydrogens (tertiary/aromatic N) is 2. The Kier molecular flexibility index (Phi) is 5.27. The second kappa shape index (κ2) is 6.76. The number of carbonyl (C=O) groups is 1. The summed E-state index contributed by atoms with van der Waals surface area (Å²) in [7, 11) is 0. The van der Waals surface area contributed by atoms with E-state index in [0.29, 0.717) is 6.04 Å². The van der Waals surface area contributed by atoms with Crippen LogP contribution in [0.3, 0.4) is 0 Å². The minimum Gasteiger partial charge on any atom is -0.444 e. The average molecular weight is 283 g/mol.